The summed E-state index contributed by atoms with van der Waals surface area (Å²) in [5.41, 5.74) is 5.73. The van der Waals surface area contributed by atoms with Crippen LogP contribution in [0.2, 0.25) is 0 Å². The second kappa shape index (κ2) is 9.49. The molecule has 0 radical (unpaired) electrons. The van der Waals surface area contributed by atoms with Gasteiger partial charge in [-0.2, -0.15) is 0 Å². The molecular weight excluding hydrogens is 466 g/mol. The SMILES string of the molecule is Cc1cccc2ncc(CN3CCC(C#Cc4cccc5c4CN(C4CCC(=O)NC4=O)C5=O)CC3)n12. The average molecular weight is 496 g/mol. The number of hydrogen-bond donors (Lipinski definition) is 1. The minimum atomic E-state index is -0.612. The molecule has 6 rings (SSSR count). The van der Waals surface area contributed by atoms with Crippen molar-refractivity contribution in [2.45, 2.75) is 51.7 Å². The first-order valence-corrected chi connectivity index (χ1v) is 12.9. The summed E-state index contributed by atoms with van der Waals surface area (Å²) in [7, 11) is 0. The highest BCUT2D eigenvalue weighted by atomic mass is 16.2. The van der Waals surface area contributed by atoms with E-state index < -0.39 is 11.9 Å². The number of aromatic nitrogens is 2. The lowest BCUT2D eigenvalue weighted by Gasteiger charge is -2.29. The number of imide groups is 1. The standard InChI is InChI=1S/C29H29N5O3/c1-19-4-2-7-26-30-16-22(34(19)26)17-32-14-12-20(13-15-32)8-9-21-5-3-6-23-24(21)18-33(29(23)37)25-10-11-27(35)31-28(25)36/h2-7,16,20,25H,10-15,17-18H2,1H3,(H,31,35,36). The van der Waals surface area contributed by atoms with E-state index in [1.165, 1.54) is 11.4 Å². The molecule has 1 aromatic carbocycles. The normalized spacial score (nSPS) is 20.6. The molecule has 2 aromatic heterocycles. The van der Waals surface area contributed by atoms with Crippen LogP contribution in [-0.2, 0) is 22.7 Å². The van der Waals surface area contributed by atoms with Crippen LogP contribution in [0.3, 0.4) is 0 Å². The molecule has 2 saturated heterocycles. The molecule has 3 aromatic rings. The molecule has 0 saturated carbocycles. The van der Waals surface area contributed by atoms with Crippen molar-refractivity contribution in [3.05, 3.63) is 70.7 Å². The van der Waals surface area contributed by atoms with Gasteiger partial charge in [-0.25, -0.2) is 4.98 Å². The number of aryl methyl sites for hydroxylation is 1. The minimum absolute atomic E-state index is 0.163. The summed E-state index contributed by atoms with van der Waals surface area (Å²) in [6.07, 6.45) is 4.58. The molecule has 3 aliphatic heterocycles. The van der Waals surface area contributed by atoms with Gasteiger partial charge in [-0.1, -0.05) is 24.0 Å². The van der Waals surface area contributed by atoms with E-state index in [1.807, 2.05) is 30.5 Å². The summed E-state index contributed by atoms with van der Waals surface area (Å²) >= 11 is 0. The summed E-state index contributed by atoms with van der Waals surface area (Å²) < 4.78 is 2.22. The molecule has 8 heteroatoms. The third-order valence-corrected chi connectivity index (χ3v) is 7.76. The van der Waals surface area contributed by atoms with Crippen molar-refractivity contribution >= 4 is 23.4 Å². The van der Waals surface area contributed by atoms with Crippen LogP contribution in [-0.4, -0.2) is 56.0 Å². The molecule has 37 heavy (non-hydrogen) atoms. The van der Waals surface area contributed by atoms with Crippen molar-refractivity contribution in [1.29, 1.82) is 0 Å². The zero-order valence-electron chi connectivity index (χ0n) is 20.9. The van der Waals surface area contributed by atoms with E-state index in [2.05, 4.69) is 44.4 Å². The Morgan fingerprint density at radius 1 is 1.05 bits per heavy atom. The molecular formula is C29H29N5O3. The maximum Gasteiger partial charge on any atom is 0.255 e. The second-order valence-corrected chi connectivity index (χ2v) is 10.2. The molecule has 1 unspecified atom stereocenters. The Morgan fingerprint density at radius 3 is 2.68 bits per heavy atom. The van der Waals surface area contributed by atoms with Crippen molar-refractivity contribution in [1.82, 2.24) is 24.5 Å². The third kappa shape index (κ3) is 4.40. The number of hydrogen-bond acceptors (Lipinski definition) is 5. The van der Waals surface area contributed by atoms with Crippen LogP contribution in [0.25, 0.3) is 5.65 Å². The van der Waals surface area contributed by atoms with Gasteiger partial charge < -0.3 is 9.30 Å². The summed E-state index contributed by atoms with van der Waals surface area (Å²) in [4.78, 5) is 45.5. The number of fused-ring (bicyclic) bond motifs is 2. The number of nitrogens with one attached hydrogen (secondary N) is 1. The Bertz CT molecular complexity index is 1470. The van der Waals surface area contributed by atoms with Gasteiger partial charge in [0.2, 0.25) is 11.8 Å². The number of benzene rings is 1. The lowest BCUT2D eigenvalue weighted by atomic mass is 9.96. The highest BCUT2D eigenvalue weighted by Crippen LogP contribution is 2.30. The van der Waals surface area contributed by atoms with Crippen molar-refractivity contribution in [3.63, 3.8) is 0 Å². The van der Waals surface area contributed by atoms with Gasteiger partial charge in [0.1, 0.15) is 11.7 Å². The van der Waals surface area contributed by atoms with E-state index in [1.54, 1.807) is 11.0 Å². The lowest BCUT2D eigenvalue weighted by Crippen LogP contribution is -2.52. The zero-order valence-corrected chi connectivity index (χ0v) is 20.9. The summed E-state index contributed by atoms with van der Waals surface area (Å²) in [6.45, 7) is 5.29. The largest absolute Gasteiger partial charge is 0.322 e. The van der Waals surface area contributed by atoms with Gasteiger partial charge in [0, 0.05) is 42.2 Å². The fourth-order valence-corrected chi connectivity index (χ4v) is 5.73. The van der Waals surface area contributed by atoms with Gasteiger partial charge in [-0.05, 0) is 69.1 Å². The molecule has 0 aliphatic carbocycles. The van der Waals surface area contributed by atoms with E-state index >= 15 is 0 Å². The van der Waals surface area contributed by atoms with Crippen LogP contribution in [0, 0.1) is 24.7 Å². The number of nitrogens with zero attached hydrogens (tertiary/aromatic N) is 4. The molecule has 188 valence electrons. The molecule has 0 spiro atoms. The molecule has 1 atom stereocenters. The van der Waals surface area contributed by atoms with E-state index in [0.717, 1.165) is 49.2 Å². The number of carbonyl (C=O) groups is 3. The van der Waals surface area contributed by atoms with E-state index in [9.17, 15) is 14.4 Å². The predicted molar refractivity (Wildman–Crippen MR) is 137 cm³/mol. The highest BCUT2D eigenvalue weighted by Gasteiger charge is 2.39. The fourth-order valence-electron chi connectivity index (χ4n) is 5.73. The fraction of sp³-hybridized carbons (Fsp3) is 0.379. The van der Waals surface area contributed by atoms with Crippen molar-refractivity contribution in [2.75, 3.05) is 13.1 Å². The van der Waals surface area contributed by atoms with Crippen LogP contribution in [0.5, 0.6) is 0 Å². The summed E-state index contributed by atoms with van der Waals surface area (Å²) in [6, 6.07) is 11.2. The topological polar surface area (TPSA) is 87.0 Å². The number of imidazole rings is 1. The first-order valence-electron chi connectivity index (χ1n) is 12.9. The van der Waals surface area contributed by atoms with Gasteiger partial charge in [-0.15, -0.1) is 0 Å². The van der Waals surface area contributed by atoms with E-state index in [4.69, 9.17) is 0 Å². The van der Waals surface area contributed by atoms with Gasteiger partial charge in [0.15, 0.2) is 0 Å². The Kier molecular flexibility index (Phi) is 6.01. The van der Waals surface area contributed by atoms with Crippen LogP contribution in [0.15, 0.2) is 42.6 Å². The molecule has 8 nitrogen and oxygen atoms in total. The smallest absolute Gasteiger partial charge is 0.255 e. The van der Waals surface area contributed by atoms with Crippen LogP contribution in [0.4, 0.5) is 0 Å². The van der Waals surface area contributed by atoms with Gasteiger partial charge in [0.05, 0.1) is 11.9 Å². The molecule has 5 heterocycles. The zero-order chi connectivity index (χ0) is 25.5. The molecule has 2 fully saturated rings. The second-order valence-electron chi connectivity index (χ2n) is 10.2. The summed E-state index contributed by atoms with van der Waals surface area (Å²) in [5.74, 6) is 6.28. The number of carbonyl (C=O) groups excluding carboxylic acids is 3. The number of likely N-dealkylation sites (tertiary alicyclic amines) is 1. The first kappa shape index (κ1) is 23.4. The maximum atomic E-state index is 13.1. The Labute approximate surface area is 215 Å². The van der Waals surface area contributed by atoms with Crippen LogP contribution >= 0.6 is 0 Å². The number of pyridine rings is 1. The lowest BCUT2D eigenvalue weighted by molar-refractivity contribution is -0.136. The molecule has 3 amide bonds. The van der Waals surface area contributed by atoms with Gasteiger partial charge >= 0.3 is 0 Å². The monoisotopic (exact) mass is 495 g/mol. The number of rotatable bonds is 3. The predicted octanol–water partition coefficient (Wildman–Crippen LogP) is 2.67. The first-order chi connectivity index (χ1) is 18.0. The van der Waals surface area contributed by atoms with Crippen molar-refractivity contribution < 1.29 is 14.4 Å². The molecule has 1 N–H and O–H groups in total. The average Bonchev–Trinajstić information content (AvgIpc) is 3.46. The Balaban J connectivity index is 1.11. The Morgan fingerprint density at radius 2 is 1.86 bits per heavy atom. The minimum Gasteiger partial charge on any atom is -0.322 e. The summed E-state index contributed by atoms with van der Waals surface area (Å²) in [5, 5.41) is 2.36. The number of amides is 3. The van der Waals surface area contributed by atoms with E-state index in [-0.39, 0.29) is 18.2 Å². The van der Waals surface area contributed by atoms with E-state index in [0.29, 0.717) is 24.4 Å². The highest BCUT2D eigenvalue weighted by molar-refractivity contribution is 6.05. The Hall–Kier alpha value is -3.96. The van der Waals surface area contributed by atoms with Gasteiger partial charge in [-0.3, -0.25) is 24.6 Å². The number of piperidine rings is 2. The third-order valence-electron chi connectivity index (χ3n) is 7.76. The maximum absolute atomic E-state index is 13.1. The van der Waals surface area contributed by atoms with Crippen LogP contribution in [0.1, 0.15) is 58.6 Å². The van der Waals surface area contributed by atoms with Crippen molar-refractivity contribution in [3.8, 4) is 11.8 Å². The van der Waals surface area contributed by atoms with Crippen molar-refractivity contribution in [2.24, 2.45) is 5.92 Å². The van der Waals surface area contributed by atoms with Crippen LogP contribution < -0.4 is 5.32 Å². The quantitative estimate of drug-likeness (QED) is 0.446. The van der Waals surface area contributed by atoms with Gasteiger partial charge in [0.25, 0.3) is 5.91 Å². The molecule has 3 aliphatic rings. The molecule has 0 bridgehead atoms.